The van der Waals surface area contributed by atoms with Crippen LogP contribution in [0.2, 0.25) is 0 Å². The molecule has 1 N–H and O–H groups in total. The fourth-order valence-electron chi connectivity index (χ4n) is 3.16. The second kappa shape index (κ2) is 9.16. The molecular weight excluding hydrogens is 412 g/mol. The number of amides is 1. The van der Waals surface area contributed by atoms with Crippen LogP contribution in [0.3, 0.4) is 0 Å². The standard InChI is InChI=1S/C23H20N4OS2/c1-16(21(28)26-22-18(15-24)12-14-29-22)30-23-25-19-9-5-6-10-20(19)27(23)13-11-17-7-3-2-4-8-17/h2-10,12,14,16H,11,13H2,1H3,(H,26,28)/t16-/m0/s1. The Morgan fingerprint density at radius 1 is 1.20 bits per heavy atom. The maximum absolute atomic E-state index is 12.7. The fourth-order valence-corrected chi connectivity index (χ4v) is 4.85. The van der Waals surface area contributed by atoms with E-state index in [4.69, 9.17) is 10.2 Å². The first-order chi connectivity index (χ1) is 14.7. The van der Waals surface area contributed by atoms with Gasteiger partial charge in [0.1, 0.15) is 11.1 Å². The molecule has 4 aromatic rings. The number of fused-ring (bicyclic) bond motifs is 1. The van der Waals surface area contributed by atoms with Crippen LogP contribution in [0.4, 0.5) is 5.00 Å². The number of hydrogen-bond donors (Lipinski definition) is 1. The molecule has 2 aromatic carbocycles. The lowest BCUT2D eigenvalue weighted by atomic mass is 10.1. The first-order valence-electron chi connectivity index (χ1n) is 9.60. The number of aromatic nitrogens is 2. The third kappa shape index (κ3) is 4.40. The Bertz CT molecular complexity index is 1210. The van der Waals surface area contributed by atoms with Crippen molar-refractivity contribution >= 4 is 45.0 Å². The lowest BCUT2D eigenvalue weighted by Crippen LogP contribution is -2.22. The van der Waals surface area contributed by atoms with Gasteiger partial charge in [0.15, 0.2) is 5.16 Å². The molecule has 0 bridgehead atoms. The molecule has 0 aliphatic carbocycles. The van der Waals surface area contributed by atoms with E-state index in [2.05, 4.69) is 34.2 Å². The third-order valence-corrected chi connectivity index (χ3v) is 6.68. The Hall–Kier alpha value is -3.08. The summed E-state index contributed by atoms with van der Waals surface area (Å²) >= 11 is 2.79. The number of para-hydroxylation sites is 2. The largest absolute Gasteiger partial charge is 0.319 e. The van der Waals surface area contributed by atoms with Gasteiger partial charge in [-0.25, -0.2) is 4.98 Å². The number of thiophene rings is 1. The monoisotopic (exact) mass is 432 g/mol. The summed E-state index contributed by atoms with van der Waals surface area (Å²) in [5.74, 6) is -0.138. The SMILES string of the molecule is C[C@H](Sc1nc2ccccc2n1CCc1ccccc1)C(=O)Nc1sccc1C#N. The highest BCUT2D eigenvalue weighted by molar-refractivity contribution is 8.00. The van der Waals surface area contributed by atoms with Crippen LogP contribution in [0.25, 0.3) is 11.0 Å². The van der Waals surface area contributed by atoms with Crippen LogP contribution in [-0.2, 0) is 17.8 Å². The minimum atomic E-state index is -0.356. The molecule has 0 spiro atoms. The molecule has 2 aromatic heterocycles. The van der Waals surface area contributed by atoms with Gasteiger partial charge in [0.25, 0.3) is 0 Å². The Kier molecular flexibility index (Phi) is 6.17. The lowest BCUT2D eigenvalue weighted by Gasteiger charge is -2.13. The molecule has 1 amide bonds. The number of nitrogens with one attached hydrogen (secondary N) is 1. The van der Waals surface area contributed by atoms with Crippen LogP contribution < -0.4 is 5.32 Å². The van der Waals surface area contributed by atoms with Crippen molar-refractivity contribution in [2.45, 2.75) is 30.3 Å². The van der Waals surface area contributed by atoms with Crippen molar-refractivity contribution in [1.82, 2.24) is 9.55 Å². The Labute approximate surface area is 183 Å². The van der Waals surface area contributed by atoms with E-state index in [-0.39, 0.29) is 11.2 Å². The number of carbonyl (C=O) groups is 1. The van der Waals surface area contributed by atoms with E-state index >= 15 is 0 Å². The van der Waals surface area contributed by atoms with Gasteiger partial charge in [-0.3, -0.25) is 4.79 Å². The number of benzene rings is 2. The smallest absolute Gasteiger partial charge is 0.238 e. The van der Waals surface area contributed by atoms with Gasteiger partial charge >= 0.3 is 0 Å². The zero-order valence-electron chi connectivity index (χ0n) is 16.4. The molecule has 0 aliphatic heterocycles. The number of imidazole rings is 1. The highest BCUT2D eigenvalue weighted by atomic mass is 32.2. The molecule has 150 valence electrons. The van der Waals surface area contributed by atoms with Gasteiger partial charge in [0.05, 0.1) is 21.8 Å². The maximum atomic E-state index is 12.7. The van der Waals surface area contributed by atoms with E-state index in [1.54, 1.807) is 11.4 Å². The average Bonchev–Trinajstić information content (AvgIpc) is 3.36. The highest BCUT2D eigenvalue weighted by Crippen LogP contribution is 2.29. The lowest BCUT2D eigenvalue weighted by molar-refractivity contribution is -0.115. The normalized spacial score (nSPS) is 11.9. The zero-order valence-corrected chi connectivity index (χ0v) is 18.0. The van der Waals surface area contributed by atoms with E-state index in [9.17, 15) is 4.79 Å². The number of thioether (sulfide) groups is 1. The predicted octanol–water partition coefficient (Wildman–Crippen LogP) is 5.33. The molecule has 1 atom stereocenters. The van der Waals surface area contributed by atoms with Crippen molar-refractivity contribution in [3.8, 4) is 6.07 Å². The predicted molar refractivity (Wildman–Crippen MR) is 123 cm³/mol. The van der Waals surface area contributed by atoms with Crippen LogP contribution in [0, 0.1) is 11.3 Å². The minimum absolute atomic E-state index is 0.138. The van der Waals surface area contributed by atoms with Crippen molar-refractivity contribution in [3.63, 3.8) is 0 Å². The number of nitrogens with zero attached hydrogens (tertiary/aromatic N) is 3. The average molecular weight is 433 g/mol. The van der Waals surface area contributed by atoms with Gasteiger partial charge in [-0.15, -0.1) is 11.3 Å². The fraction of sp³-hybridized carbons (Fsp3) is 0.174. The molecule has 7 heteroatoms. The molecule has 0 saturated heterocycles. The van der Waals surface area contributed by atoms with E-state index in [0.717, 1.165) is 29.2 Å². The molecule has 0 fully saturated rings. The molecule has 0 unspecified atom stereocenters. The van der Waals surface area contributed by atoms with Crippen LogP contribution in [0.1, 0.15) is 18.1 Å². The molecule has 2 heterocycles. The minimum Gasteiger partial charge on any atom is -0.319 e. The molecule has 5 nitrogen and oxygen atoms in total. The van der Waals surface area contributed by atoms with Crippen LogP contribution >= 0.6 is 23.1 Å². The quantitative estimate of drug-likeness (QED) is 0.401. The van der Waals surface area contributed by atoms with Gasteiger partial charge in [-0.05, 0) is 42.5 Å². The van der Waals surface area contributed by atoms with Gasteiger partial charge in [-0.2, -0.15) is 5.26 Å². The molecular formula is C23H20N4OS2. The topological polar surface area (TPSA) is 70.7 Å². The first-order valence-corrected chi connectivity index (χ1v) is 11.4. The summed E-state index contributed by atoms with van der Waals surface area (Å²) in [6.45, 7) is 2.64. The molecule has 4 rings (SSSR count). The summed E-state index contributed by atoms with van der Waals surface area (Å²) in [5, 5.41) is 14.9. The van der Waals surface area contributed by atoms with Gasteiger partial charge in [0.2, 0.25) is 5.91 Å². The van der Waals surface area contributed by atoms with E-state index in [1.807, 2.05) is 43.3 Å². The Balaban J connectivity index is 1.54. The highest BCUT2D eigenvalue weighted by Gasteiger charge is 2.20. The van der Waals surface area contributed by atoms with Crippen LogP contribution in [0.5, 0.6) is 0 Å². The van der Waals surface area contributed by atoms with Crippen molar-refractivity contribution in [2.24, 2.45) is 0 Å². The molecule has 0 saturated carbocycles. The summed E-state index contributed by atoms with van der Waals surface area (Å²) in [7, 11) is 0. The van der Waals surface area contributed by atoms with Crippen LogP contribution in [0.15, 0.2) is 71.2 Å². The summed E-state index contributed by atoms with van der Waals surface area (Å²) in [6, 6.07) is 22.2. The maximum Gasteiger partial charge on any atom is 0.238 e. The molecule has 30 heavy (non-hydrogen) atoms. The van der Waals surface area contributed by atoms with Gasteiger partial charge in [0, 0.05) is 6.54 Å². The zero-order chi connectivity index (χ0) is 20.9. The van der Waals surface area contributed by atoms with Crippen molar-refractivity contribution in [2.75, 3.05) is 5.32 Å². The molecule has 0 radical (unpaired) electrons. The number of carbonyl (C=O) groups excluding carboxylic acids is 1. The van der Waals surface area contributed by atoms with E-state index in [1.165, 1.54) is 28.7 Å². The molecule has 0 aliphatic rings. The first kappa shape index (κ1) is 20.2. The van der Waals surface area contributed by atoms with E-state index in [0.29, 0.717) is 10.6 Å². The Morgan fingerprint density at radius 2 is 1.97 bits per heavy atom. The second-order valence-corrected chi connectivity index (χ2v) is 9.02. The van der Waals surface area contributed by atoms with Gasteiger partial charge in [-0.1, -0.05) is 54.2 Å². The number of nitriles is 1. The van der Waals surface area contributed by atoms with Crippen molar-refractivity contribution < 1.29 is 4.79 Å². The second-order valence-electron chi connectivity index (χ2n) is 6.79. The Morgan fingerprint density at radius 3 is 2.77 bits per heavy atom. The number of hydrogen-bond acceptors (Lipinski definition) is 5. The third-order valence-electron chi connectivity index (χ3n) is 4.76. The van der Waals surface area contributed by atoms with Crippen molar-refractivity contribution in [3.05, 3.63) is 77.2 Å². The summed E-state index contributed by atoms with van der Waals surface area (Å²) in [4.78, 5) is 17.5. The van der Waals surface area contributed by atoms with Crippen molar-refractivity contribution in [1.29, 1.82) is 5.26 Å². The van der Waals surface area contributed by atoms with Crippen LogP contribution in [-0.4, -0.2) is 20.7 Å². The number of rotatable bonds is 7. The summed E-state index contributed by atoms with van der Waals surface area (Å²) in [6.07, 6.45) is 0.885. The summed E-state index contributed by atoms with van der Waals surface area (Å²) < 4.78 is 2.18. The van der Waals surface area contributed by atoms with Gasteiger partial charge < -0.3 is 9.88 Å². The van der Waals surface area contributed by atoms with E-state index < -0.39 is 0 Å². The summed E-state index contributed by atoms with van der Waals surface area (Å²) in [5.41, 5.74) is 3.73. The number of aryl methyl sites for hydroxylation is 2. The number of anilines is 1.